The molecule has 0 spiro atoms. The Morgan fingerprint density at radius 1 is 1.17 bits per heavy atom. The van der Waals surface area contributed by atoms with Crippen LogP contribution in [0.5, 0.6) is 5.75 Å². The van der Waals surface area contributed by atoms with E-state index >= 15 is 0 Å². The number of pyridine rings is 1. The number of nitrogens with zero attached hydrogens (tertiary/aromatic N) is 3. The monoisotopic (exact) mass is 480 g/mol. The van der Waals surface area contributed by atoms with Crippen LogP contribution in [0.25, 0.3) is 0 Å². The van der Waals surface area contributed by atoms with Crippen LogP contribution in [0.2, 0.25) is 0 Å². The number of piperidine rings is 1. The number of aromatic nitrogens is 1. The summed E-state index contributed by atoms with van der Waals surface area (Å²) < 4.78 is 5.67. The largest absolute Gasteiger partial charge is 0.494 e. The highest BCUT2D eigenvalue weighted by atomic mass is 16.6. The number of carbonyl (C=O) groups excluding carboxylic acids is 2. The van der Waals surface area contributed by atoms with E-state index in [2.05, 4.69) is 10.5 Å². The molecule has 8 heteroatoms. The normalized spacial score (nSPS) is 14.7. The number of hydrogen-bond acceptors (Lipinski definition) is 6. The maximum atomic E-state index is 13.2. The van der Waals surface area contributed by atoms with Crippen molar-refractivity contribution in [2.75, 3.05) is 19.7 Å². The van der Waals surface area contributed by atoms with E-state index in [4.69, 9.17) is 14.6 Å². The SMILES string of the molecule is CCOc1ccccc1CNC(=O)c1ccc(C)nc1C1CCN(C(=O)C(C)ON=C(C)C)CC1. The van der Waals surface area contributed by atoms with Gasteiger partial charge in [-0.25, -0.2) is 0 Å². The van der Waals surface area contributed by atoms with Crippen LogP contribution >= 0.6 is 0 Å². The van der Waals surface area contributed by atoms with E-state index in [9.17, 15) is 9.59 Å². The number of para-hydroxylation sites is 1. The zero-order valence-electron chi connectivity index (χ0n) is 21.3. The van der Waals surface area contributed by atoms with Gasteiger partial charge in [0.2, 0.25) is 6.10 Å². The molecule has 188 valence electrons. The summed E-state index contributed by atoms with van der Waals surface area (Å²) in [5.41, 5.74) is 3.93. The number of carbonyl (C=O) groups is 2. The molecule has 1 unspecified atom stereocenters. The Balaban J connectivity index is 1.66. The number of aryl methyl sites for hydroxylation is 1. The molecule has 1 aliphatic rings. The van der Waals surface area contributed by atoms with Crippen molar-refractivity contribution in [2.24, 2.45) is 5.16 Å². The molecule has 1 N–H and O–H groups in total. The van der Waals surface area contributed by atoms with Gasteiger partial charge in [-0.3, -0.25) is 14.6 Å². The average Bonchev–Trinajstić information content (AvgIpc) is 2.86. The topological polar surface area (TPSA) is 93.1 Å². The number of oxime groups is 1. The number of amides is 2. The molecular formula is C27H36N4O4. The van der Waals surface area contributed by atoms with Gasteiger partial charge in [0.25, 0.3) is 11.8 Å². The lowest BCUT2D eigenvalue weighted by atomic mass is 9.89. The first-order valence-corrected chi connectivity index (χ1v) is 12.2. The Kier molecular flexibility index (Phi) is 9.23. The average molecular weight is 481 g/mol. The second kappa shape index (κ2) is 12.3. The lowest BCUT2D eigenvalue weighted by Gasteiger charge is -2.33. The van der Waals surface area contributed by atoms with Gasteiger partial charge in [0, 0.05) is 36.8 Å². The quantitative estimate of drug-likeness (QED) is 0.428. The lowest BCUT2D eigenvalue weighted by Crippen LogP contribution is -2.43. The third-order valence-corrected chi connectivity index (χ3v) is 5.95. The highest BCUT2D eigenvalue weighted by Gasteiger charge is 2.30. The lowest BCUT2D eigenvalue weighted by molar-refractivity contribution is -0.143. The van der Waals surface area contributed by atoms with Gasteiger partial charge in [0.05, 0.1) is 23.6 Å². The van der Waals surface area contributed by atoms with E-state index in [0.717, 1.165) is 41.3 Å². The van der Waals surface area contributed by atoms with Crippen LogP contribution in [0.3, 0.4) is 0 Å². The summed E-state index contributed by atoms with van der Waals surface area (Å²) >= 11 is 0. The molecule has 0 aliphatic carbocycles. The van der Waals surface area contributed by atoms with E-state index in [1.807, 2.05) is 69.0 Å². The van der Waals surface area contributed by atoms with Crippen LogP contribution in [-0.4, -0.2) is 53.2 Å². The maximum Gasteiger partial charge on any atom is 0.266 e. The summed E-state index contributed by atoms with van der Waals surface area (Å²) in [6.07, 6.45) is 0.844. The molecular weight excluding hydrogens is 444 g/mol. The number of benzene rings is 1. The molecule has 2 amide bonds. The summed E-state index contributed by atoms with van der Waals surface area (Å²) in [5, 5.41) is 6.93. The van der Waals surface area contributed by atoms with Gasteiger partial charge in [-0.2, -0.15) is 0 Å². The first kappa shape index (κ1) is 26.2. The predicted molar refractivity (Wildman–Crippen MR) is 136 cm³/mol. The zero-order chi connectivity index (χ0) is 25.4. The highest BCUT2D eigenvalue weighted by Crippen LogP contribution is 2.30. The van der Waals surface area contributed by atoms with Crippen molar-refractivity contribution in [2.45, 2.75) is 66.0 Å². The molecule has 1 aromatic carbocycles. The van der Waals surface area contributed by atoms with E-state index in [1.165, 1.54) is 0 Å². The molecule has 1 atom stereocenters. The number of nitrogens with one attached hydrogen (secondary N) is 1. The van der Waals surface area contributed by atoms with Crippen LogP contribution in [0.1, 0.15) is 73.8 Å². The van der Waals surface area contributed by atoms with Crippen LogP contribution in [0, 0.1) is 6.92 Å². The van der Waals surface area contributed by atoms with Crippen LogP contribution in [0.4, 0.5) is 0 Å². The van der Waals surface area contributed by atoms with Crippen molar-refractivity contribution >= 4 is 17.5 Å². The summed E-state index contributed by atoms with van der Waals surface area (Å²) in [6, 6.07) is 11.4. The molecule has 1 saturated heterocycles. The van der Waals surface area contributed by atoms with E-state index < -0.39 is 6.10 Å². The number of ether oxygens (including phenoxy) is 1. The van der Waals surface area contributed by atoms with E-state index in [-0.39, 0.29) is 17.7 Å². The van der Waals surface area contributed by atoms with E-state index in [0.29, 0.717) is 31.8 Å². The standard InChI is InChI=1S/C27H36N4O4/c1-6-34-24-10-8-7-9-22(24)17-28-26(32)23-12-11-19(4)29-25(23)21-13-15-31(16-14-21)27(33)20(5)35-30-18(2)3/h7-12,20-21H,6,13-17H2,1-5H3,(H,28,32). The van der Waals surface area contributed by atoms with Gasteiger partial charge in [0.15, 0.2) is 0 Å². The zero-order valence-corrected chi connectivity index (χ0v) is 21.3. The van der Waals surface area contributed by atoms with Crippen molar-refractivity contribution in [1.82, 2.24) is 15.2 Å². The smallest absolute Gasteiger partial charge is 0.266 e. The van der Waals surface area contributed by atoms with Crippen LogP contribution in [-0.2, 0) is 16.2 Å². The van der Waals surface area contributed by atoms with Crippen molar-refractivity contribution in [1.29, 1.82) is 0 Å². The molecule has 1 fully saturated rings. The minimum absolute atomic E-state index is 0.0726. The Labute approximate surface area is 207 Å². The number of rotatable bonds is 9. The Hall–Kier alpha value is -3.42. The minimum Gasteiger partial charge on any atom is -0.494 e. The van der Waals surface area contributed by atoms with Crippen molar-refractivity contribution in [3.8, 4) is 5.75 Å². The third kappa shape index (κ3) is 7.04. The van der Waals surface area contributed by atoms with Gasteiger partial charge >= 0.3 is 0 Å². The van der Waals surface area contributed by atoms with Crippen LogP contribution in [0.15, 0.2) is 41.6 Å². The van der Waals surface area contributed by atoms with Crippen LogP contribution < -0.4 is 10.1 Å². The fraction of sp³-hybridized carbons (Fsp3) is 0.481. The first-order valence-electron chi connectivity index (χ1n) is 12.2. The van der Waals surface area contributed by atoms with Gasteiger partial charge < -0.3 is 19.8 Å². The summed E-state index contributed by atoms with van der Waals surface area (Å²) in [6.45, 7) is 11.3. The van der Waals surface area contributed by atoms with Crippen molar-refractivity contribution < 1.29 is 19.2 Å². The van der Waals surface area contributed by atoms with E-state index in [1.54, 1.807) is 6.92 Å². The fourth-order valence-corrected chi connectivity index (χ4v) is 4.16. The van der Waals surface area contributed by atoms with Crippen molar-refractivity contribution in [3.05, 3.63) is 58.9 Å². The summed E-state index contributed by atoms with van der Waals surface area (Å²) in [4.78, 5) is 37.7. The van der Waals surface area contributed by atoms with Gasteiger partial charge in [-0.15, -0.1) is 0 Å². The Morgan fingerprint density at radius 2 is 1.89 bits per heavy atom. The maximum absolute atomic E-state index is 13.2. The molecule has 0 saturated carbocycles. The highest BCUT2D eigenvalue weighted by molar-refractivity contribution is 5.95. The van der Waals surface area contributed by atoms with Gasteiger partial charge in [0.1, 0.15) is 5.75 Å². The second-order valence-electron chi connectivity index (χ2n) is 8.99. The number of hydrogen-bond donors (Lipinski definition) is 1. The molecule has 8 nitrogen and oxygen atoms in total. The molecule has 1 aromatic heterocycles. The number of likely N-dealkylation sites (tertiary alicyclic amines) is 1. The molecule has 35 heavy (non-hydrogen) atoms. The first-order chi connectivity index (χ1) is 16.8. The summed E-state index contributed by atoms with van der Waals surface area (Å²) in [7, 11) is 0. The molecule has 0 bridgehead atoms. The predicted octanol–water partition coefficient (Wildman–Crippen LogP) is 4.23. The fourth-order valence-electron chi connectivity index (χ4n) is 4.16. The molecule has 3 rings (SSSR count). The Bertz CT molecular complexity index is 1060. The molecule has 0 radical (unpaired) electrons. The van der Waals surface area contributed by atoms with Crippen molar-refractivity contribution in [3.63, 3.8) is 0 Å². The molecule has 2 heterocycles. The molecule has 1 aliphatic heterocycles. The third-order valence-electron chi connectivity index (χ3n) is 5.95. The van der Waals surface area contributed by atoms with Gasteiger partial charge in [-0.05, 0) is 65.7 Å². The molecule has 2 aromatic rings. The van der Waals surface area contributed by atoms with Gasteiger partial charge in [-0.1, -0.05) is 23.4 Å². The Morgan fingerprint density at radius 3 is 2.57 bits per heavy atom. The summed E-state index contributed by atoms with van der Waals surface area (Å²) in [5.74, 6) is 0.638. The minimum atomic E-state index is -0.626. The second-order valence-corrected chi connectivity index (χ2v) is 8.99.